The normalized spacial score (nSPS) is 12.3. The highest BCUT2D eigenvalue weighted by Gasteiger charge is 2.02. The van der Waals surface area contributed by atoms with Gasteiger partial charge >= 0.3 is 0 Å². The second kappa shape index (κ2) is 6.01. The zero-order chi connectivity index (χ0) is 13.0. The molecule has 1 heterocycles. The number of hydrogen-bond acceptors (Lipinski definition) is 2. The molecular weight excluding hydrogens is 240 g/mol. The van der Waals surface area contributed by atoms with E-state index in [9.17, 15) is 0 Å². The highest BCUT2D eigenvalue weighted by atomic mass is 32.1. The topological polar surface area (TPSA) is 17.3 Å². The minimum Gasteiger partial charge on any atom is -0.321 e. The van der Waals surface area contributed by atoms with Gasteiger partial charge in [-0.05, 0) is 31.4 Å². The van der Waals surface area contributed by atoms with Crippen LogP contribution in [0, 0.1) is 12.8 Å². The third kappa shape index (κ3) is 3.33. The molecule has 2 aromatic rings. The largest absolute Gasteiger partial charge is 0.321 e. The highest BCUT2D eigenvalue weighted by molar-refractivity contribution is 7.07. The average molecular weight is 260 g/mol. The molecule has 0 atom stereocenters. The van der Waals surface area contributed by atoms with E-state index in [-0.39, 0.29) is 0 Å². The van der Waals surface area contributed by atoms with Crippen LogP contribution in [0.1, 0.15) is 26.0 Å². The molecule has 0 aliphatic rings. The van der Waals surface area contributed by atoms with Crippen LogP contribution in [0.5, 0.6) is 0 Å². The first kappa shape index (κ1) is 13.1. The lowest BCUT2D eigenvalue weighted by Crippen LogP contribution is -2.17. The standard InChI is InChI=1S/C15H20N2S/c1-12(2)9-10-17-13(3)11-18-15(17)16-14-7-5-4-6-8-14/h4-8,11-12H,9-10H2,1-3H3. The molecule has 18 heavy (non-hydrogen) atoms. The van der Waals surface area contributed by atoms with Crippen LogP contribution in [-0.2, 0) is 6.54 Å². The first-order chi connectivity index (χ1) is 8.66. The van der Waals surface area contributed by atoms with Gasteiger partial charge in [0.15, 0.2) is 4.80 Å². The van der Waals surface area contributed by atoms with Gasteiger partial charge in [0, 0.05) is 17.6 Å². The summed E-state index contributed by atoms with van der Waals surface area (Å²) in [6.07, 6.45) is 1.19. The molecule has 0 unspecified atom stereocenters. The van der Waals surface area contributed by atoms with E-state index in [0.29, 0.717) is 0 Å². The lowest BCUT2D eigenvalue weighted by atomic mass is 10.1. The zero-order valence-corrected chi connectivity index (χ0v) is 12.1. The van der Waals surface area contributed by atoms with E-state index in [2.05, 4.69) is 30.7 Å². The molecule has 0 N–H and O–H groups in total. The van der Waals surface area contributed by atoms with Crippen LogP contribution in [0.2, 0.25) is 0 Å². The van der Waals surface area contributed by atoms with Crippen LogP contribution >= 0.6 is 11.3 Å². The van der Waals surface area contributed by atoms with Crippen molar-refractivity contribution < 1.29 is 0 Å². The number of aromatic nitrogens is 1. The van der Waals surface area contributed by atoms with Gasteiger partial charge in [0.2, 0.25) is 0 Å². The van der Waals surface area contributed by atoms with Crippen molar-refractivity contribution in [3.8, 4) is 0 Å². The number of hydrogen-bond donors (Lipinski definition) is 0. The van der Waals surface area contributed by atoms with Crippen molar-refractivity contribution in [2.24, 2.45) is 10.9 Å². The Morgan fingerprint density at radius 3 is 2.61 bits per heavy atom. The van der Waals surface area contributed by atoms with Crippen LogP contribution in [0.4, 0.5) is 5.69 Å². The number of thiazole rings is 1. The number of benzene rings is 1. The van der Waals surface area contributed by atoms with Gasteiger partial charge in [-0.15, -0.1) is 11.3 Å². The molecule has 0 bridgehead atoms. The van der Waals surface area contributed by atoms with E-state index in [1.54, 1.807) is 11.3 Å². The van der Waals surface area contributed by atoms with Crippen molar-refractivity contribution in [1.82, 2.24) is 4.57 Å². The average Bonchev–Trinajstić information content (AvgIpc) is 2.69. The molecule has 0 saturated heterocycles. The predicted octanol–water partition coefficient (Wildman–Crippen LogP) is 4.14. The van der Waals surface area contributed by atoms with E-state index in [1.807, 2.05) is 30.3 Å². The Hall–Kier alpha value is -1.35. The van der Waals surface area contributed by atoms with Gasteiger partial charge in [0.05, 0.1) is 5.69 Å². The second-order valence-electron chi connectivity index (χ2n) is 4.94. The monoisotopic (exact) mass is 260 g/mol. The third-order valence-electron chi connectivity index (χ3n) is 2.90. The summed E-state index contributed by atoms with van der Waals surface area (Å²) >= 11 is 1.72. The van der Waals surface area contributed by atoms with Gasteiger partial charge < -0.3 is 4.57 Å². The molecule has 0 aliphatic heterocycles. The zero-order valence-electron chi connectivity index (χ0n) is 11.3. The Bertz CT molecular complexity index is 549. The molecule has 0 aliphatic carbocycles. The summed E-state index contributed by atoms with van der Waals surface area (Å²) in [6.45, 7) is 7.73. The highest BCUT2D eigenvalue weighted by Crippen LogP contribution is 2.11. The molecule has 2 rings (SSSR count). The molecule has 2 nitrogen and oxygen atoms in total. The summed E-state index contributed by atoms with van der Waals surface area (Å²) in [5.41, 5.74) is 2.33. The van der Waals surface area contributed by atoms with Crippen molar-refractivity contribution in [2.45, 2.75) is 33.7 Å². The fraction of sp³-hybridized carbons (Fsp3) is 0.400. The number of aryl methyl sites for hydroxylation is 1. The Morgan fingerprint density at radius 2 is 1.94 bits per heavy atom. The van der Waals surface area contributed by atoms with Gasteiger partial charge in [-0.25, -0.2) is 4.99 Å². The van der Waals surface area contributed by atoms with Gasteiger partial charge in [0.25, 0.3) is 0 Å². The molecule has 1 aromatic heterocycles. The second-order valence-corrected chi connectivity index (χ2v) is 5.78. The van der Waals surface area contributed by atoms with Crippen molar-refractivity contribution in [1.29, 1.82) is 0 Å². The SMILES string of the molecule is Cc1csc(=Nc2ccccc2)n1CCC(C)C. The summed E-state index contributed by atoms with van der Waals surface area (Å²) in [7, 11) is 0. The van der Waals surface area contributed by atoms with Gasteiger partial charge in [0.1, 0.15) is 0 Å². The molecule has 0 radical (unpaired) electrons. The van der Waals surface area contributed by atoms with E-state index in [1.165, 1.54) is 12.1 Å². The fourth-order valence-electron chi connectivity index (χ4n) is 1.78. The minimum absolute atomic E-state index is 0.723. The number of para-hydroxylation sites is 1. The lowest BCUT2D eigenvalue weighted by molar-refractivity contribution is 0.505. The van der Waals surface area contributed by atoms with Gasteiger partial charge in [-0.3, -0.25) is 0 Å². The van der Waals surface area contributed by atoms with E-state index in [0.717, 1.165) is 23.0 Å². The Kier molecular flexibility index (Phi) is 4.37. The van der Waals surface area contributed by atoms with E-state index >= 15 is 0 Å². The molecule has 1 aromatic carbocycles. The Morgan fingerprint density at radius 1 is 1.22 bits per heavy atom. The maximum atomic E-state index is 4.72. The first-order valence-electron chi connectivity index (χ1n) is 6.41. The van der Waals surface area contributed by atoms with Crippen molar-refractivity contribution in [3.05, 3.63) is 46.2 Å². The summed E-state index contributed by atoms with van der Waals surface area (Å²) < 4.78 is 2.32. The maximum absolute atomic E-state index is 4.72. The fourth-order valence-corrected chi connectivity index (χ4v) is 2.70. The van der Waals surface area contributed by atoms with Crippen molar-refractivity contribution >= 4 is 17.0 Å². The van der Waals surface area contributed by atoms with Crippen LogP contribution in [0.25, 0.3) is 0 Å². The molecular formula is C15H20N2S. The maximum Gasteiger partial charge on any atom is 0.190 e. The molecule has 3 heteroatoms. The summed E-state index contributed by atoms with van der Waals surface area (Å²) in [6, 6.07) is 10.2. The van der Waals surface area contributed by atoms with E-state index in [4.69, 9.17) is 4.99 Å². The number of nitrogens with zero attached hydrogens (tertiary/aromatic N) is 2. The van der Waals surface area contributed by atoms with Crippen LogP contribution in [0.15, 0.2) is 40.7 Å². The Balaban J connectivity index is 2.31. The van der Waals surface area contributed by atoms with Crippen molar-refractivity contribution in [3.63, 3.8) is 0 Å². The summed E-state index contributed by atoms with van der Waals surface area (Å²) in [4.78, 5) is 5.82. The van der Waals surface area contributed by atoms with Crippen LogP contribution in [-0.4, -0.2) is 4.57 Å². The summed E-state index contributed by atoms with van der Waals surface area (Å²) in [5.74, 6) is 0.723. The lowest BCUT2D eigenvalue weighted by Gasteiger charge is -2.08. The molecule has 0 amide bonds. The third-order valence-corrected chi connectivity index (χ3v) is 3.88. The van der Waals surface area contributed by atoms with E-state index < -0.39 is 0 Å². The van der Waals surface area contributed by atoms with Gasteiger partial charge in [-0.2, -0.15) is 0 Å². The Labute approximate surface area is 113 Å². The van der Waals surface area contributed by atoms with Crippen LogP contribution in [0.3, 0.4) is 0 Å². The quantitative estimate of drug-likeness (QED) is 0.786. The smallest absolute Gasteiger partial charge is 0.190 e. The first-order valence-corrected chi connectivity index (χ1v) is 7.29. The minimum atomic E-state index is 0.723. The van der Waals surface area contributed by atoms with Crippen LogP contribution < -0.4 is 4.80 Å². The molecule has 0 fully saturated rings. The number of rotatable bonds is 4. The predicted molar refractivity (Wildman–Crippen MR) is 78.2 cm³/mol. The molecule has 0 saturated carbocycles. The van der Waals surface area contributed by atoms with Gasteiger partial charge in [-0.1, -0.05) is 32.0 Å². The summed E-state index contributed by atoms with van der Waals surface area (Å²) in [5, 5.41) is 2.18. The van der Waals surface area contributed by atoms with Crippen molar-refractivity contribution in [2.75, 3.05) is 0 Å². The molecule has 96 valence electrons. The molecule has 0 spiro atoms.